The Bertz CT molecular complexity index is 1080. The van der Waals surface area contributed by atoms with Crippen LogP contribution in [0.2, 0.25) is 0 Å². The lowest BCUT2D eigenvalue weighted by Gasteiger charge is -2.34. The van der Waals surface area contributed by atoms with Crippen molar-refractivity contribution in [3.8, 4) is 17.1 Å². The molecule has 2 aromatic heterocycles. The molecule has 1 saturated heterocycles. The molecule has 2 aromatic rings. The van der Waals surface area contributed by atoms with Crippen molar-refractivity contribution in [1.29, 1.82) is 0 Å². The second-order valence-electron chi connectivity index (χ2n) is 9.07. The molecule has 3 heterocycles. The van der Waals surface area contributed by atoms with Crippen LogP contribution in [0.25, 0.3) is 11.4 Å². The molecule has 1 aliphatic carbocycles. The molecule has 1 saturated carbocycles. The standard InChI is InChI=1S/C23H29N7O4/c1-23(2)13-32-20(33-14-23)12-30-11-18(28-29-30)21-19(34-17-5-6-17)7-15(8-26-21)22(31)27-10-16(25-4)9-24-3/h7-9,11,17,20H,3-6,10,12-14H2,1-2H3,(H,27,31)/b16-9-. The fourth-order valence-corrected chi connectivity index (χ4v) is 3.22. The van der Waals surface area contributed by atoms with Crippen LogP contribution in [0.15, 0.2) is 40.3 Å². The van der Waals surface area contributed by atoms with E-state index in [9.17, 15) is 4.79 Å². The second kappa shape index (κ2) is 10.2. The van der Waals surface area contributed by atoms with E-state index in [4.69, 9.17) is 14.2 Å². The van der Waals surface area contributed by atoms with Gasteiger partial charge in [0.1, 0.15) is 17.1 Å². The third-order valence-corrected chi connectivity index (χ3v) is 5.24. The van der Waals surface area contributed by atoms with Gasteiger partial charge < -0.3 is 19.5 Å². The van der Waals surface area contributed by atoms with Gasteiger partial charge in [-0.05, 0) is 32.3 Å². The largest absolute Gasteiger partial charge is 0.488 e. The lowest BCUT2D eigenvalue weighted by atomic mass is 9.96. The SMILES string of the molecule is C=N/C=C(/CNC(=O)c1cnc(-c2cn(CC3OCC(C)(C)CO3)nn2)c(OC2CC2)c1)N=C. The van der Waals surface area contributed by atoms with E-state index in [1.165, 1.54) is 12.4 Å². The van der Waals surface area contributed by atoms with E-state index in [-0.39, 0.29) is 30.3 Å². The van der Waals surface area contributed by atoms with Gasteiger partial charge in [0.25, 0.3) is 5.91 Å². The molecule has 2 aliphatic rings. The summed E-state index contributed by atoms with van der Waals surface area (Å²) in [4.78, 5) is 24.6. The summed E-state index contributed by atoms with van der Waals surface area (Å²) in [6.07, 6.45) is 6.33. The van der Waals surface area contributed by atoms with Crippen molar-refractivity contribution < 1.29 is 19.0 Å². The quantitative estimate of drug-likeness (QED) is 0.531. The van der Waals surface area contributed by atoms with Gasteiger partial charge in [0.15, 0.2) is 6.29 Å². The minimum Gasteiger partial charge on any atom is -0.488 e. The Balaban J connectivity index is 1.47. The summed E-state index contributed by atoms with van der Waals surface area (Å²) in [6, 6.07) is 1.67. The molecule has 34 heavy (non-hydrogen) atoms. The monoisotopic (exact) mass is 467 g/mol. The van der Waals surface area contributed by atoms with E-state index in [1.807, 2.05) is 0 Å². The molecule has 0 spiro atoms. The lowest BCUT2D eigenvalue weighted by Crippen LogP contribution is -2.39. The molecule has 4 rings (SSSR count). The summed E-state index contributed by atoms with van der Waals surface area (Å²) in [5.74, 6) is 0.163. The van der Waals surface area contributed by atoms with E-state index < -0.39 is 0 Å². The maximum Gasteiger partial charge on any atom is 0.253 e. The summed E-state index contributed by atoms with van der Waals surface area (Å²) in [5, 5.41) is 11.2. The zero-order chi connectivity index (χ0) is 24.1. The van der Waals surface area contributed by atoms with E-state index in [0.29, 0.717) is 48.2 Å². The third-order valence-electron chi connectivity index (χ3n) is 5.24. The van der Waals surface area contributed by atoms with Crippen molar-refractivity contribution in [3.63, 3.8) is 0 Å². The van der Waals surface area contributed by atoms with E-state index >= 15 is 0 Å². The van der Waals surface area contributed by atoms with Crippen LogP contribution in [0.1, 0.15) is 37.0 Å². The van der Waals surface area contributed by atoms with Crippen LogP contribution in [0, 0.1) is 5.41 Å². The van der Waals surface area contributed by atoms with E-state index in [1.54, 1.807) is 16.9 Å². The van der Waals surface area contributed by atoms with Gasteiger partial charge in [-0.1, -0.05) is 19.1 Å². The molecule has 0 atom stereocenters. The summed E-state index contributed by atoms with van der Waals surface area (Å²) in [5.41, 5.74) is 1.91. The third kappa shape index (κ3) is 6.12. The second-order valence-corrected chi connectivity index (χ2v) is 9.07. The molecule has 0 aromatic carbocycles. The fraction of sp³-hybridized carbons (Fsp3) is 0.478. The Hall–Kier alpha value is -3.44. The Morgan fingerprint density at radius 2 is 2.12 bits per heavy atom. The number of rotatable bonds is 10. The molecule has 0 bridgehead atoms. The van der Waals surface area contributed by atoms with Crippen LogP contribution in [0.3, 0.4) is 0 Å². The number of pyridine rings is 1. The number of ether oxygens (including phenoxy) is 3. The molecule has 180 valence electrons. The first-order valence-electron chi connectivity index (χ1n) is 11.1. The highest BCUT2D eigenvalue weighted by molar-refractivity contribution is 5.95. The van der Waals surface area contributed by atoms with Crippen LogP contribution in [-0.4, -0.2) is 71.5 Å². The van der Waals surface area contributed by atoms with Crippen LogP contribution >= 0.6 is 0 Å². The summed E-state index contributed by atoms with van der Waals surface area (Å²) < 4.78 is 19.3. The molecule has 11 nitrogen and oxygen atoms in total. The number of nitrogens with one attached hydrogen (secondary N) is 1. The summed E-state index contributed by atoms with van der Waals surface area (Å²) in [6.45, 7) is 12.8. The predicted octanol–water partition coefficient (Wildman–Crippen LogP) is 2.25. The fourth-order valence-electron chi connectivity index (χ4n) is 3.22. The number of aliphatic imine (C=N–C) groups is 2. The van der Waals surface area contributed by atoms with E-state index in [0.717, 1.165) is 12.8 Å². The lowest BCUT2D eigenvalue weighted by molar-refractivity contribution is -0.227. The predicted molar refractivity (Wildman–Crippen MR) is 126 cm³/mol. The van der Waals surface area contributed by atoms with Crippen LogP contribution < -0.4 is 10.1 Å². The molecule has 1 N–H and O–H groups in total. The molecular formula is C23H29N7O4. The van der Waals surface area contributed by atoms with Gasteiger partial charge in [0.2, 0.25) is 0 Å². The van der Waals surface area contributed by atoms with Crippen LogP contribution in [0.5, 0.6) is 5.75 Å². The minimum atomic E-state index is -0.385. The van der Waals surface area contributed by atoms with Gasteiger partial charge in [-0.25, -0.2) is 9.67 Å². The maximum atomic E-state index is 12.6. The minimum absolute atomic E-state index is 0.000369. The first-order chi connectivity index (χ1) is 16.4. The van der Waals surface area contributed by atoms with Crippen molar-refractivity contribution in [3.05, 3.63) is 35.9 Å². The van der Waals surface area contributed by atoms with Gasteiger partial charge in [-0.3, -0.25) is 14.8 Å². The smallest absolute Gasteiger partial charge is 0.253 e. The topological polar surface area (TPSA) is 125 Å². The number of amides is 1. The van der Waals surface area contributed by atoms with Gasteiger partial charge in [-0.15, -0.1) is 5.10 Å². The molecule has 11 heteroatoms. The van der Waals surface area contributed by atoms with Crippen LogP contribution in [0.4, 0.5) is 0 Å². The molecule has 1 amide bonds. The Morgan fingerprint density at radius 1 is 1.35 bits per heavy atom. The zero-order valence-corrected chi connectivity index (χ0v) is 19.4. The summed E-state index contributed by atoms with van der Waals surface area (Å²) in [7, 11) is 0. The van der Waals surface area contributed by atoms with Gasteiger partial charge in [0, 0.05) is 17.8 Å². The highest BCUT2D eigenvalue weighted by atomic mass is 16.7. The first kappa shape index (κ1) is 23.7. The van der Waals surface area contributed by atoms with Crippen molar-refractivity contribution in [2.75, 3.05) is 19.8 Å². The molecule has 0 radical (unpaired) electrons. The highest BCUT2D eigenvalue weighted by Crippen LogP contribution is 2.33. The molecule has 0 unspecified atom stereocenters. The van der Waals surface area contributed by atoms with Crippen molar-refractivity contribution in [2.45, 2.75) is 45.6 Å². The number of hydrogen-bond acceptors (Lipinski definition) is 9. The number of hydrogen-bond donors (Lipinski definition) is 1. The number of carbonyl (C=O) groups excluding carboxylic acids is 1. The Kier molecular flexibility index (Phi) is 7.13. The van der Waals surface area contributed by atoms with Crippen molar-refractivity contribution in [1.82, 2.24) is 25.3 Å². The van der Waals surface area contributed by atoms with Gasteiger partial charge in [0.05, 0.1) is 49.9 Å². The Morgan fingerprint density at radius 3 is 2.79 bits per heavy atom. The zero-order valence-electron chi connectivity index (χ0n) is 19.4. The highest BCUT2D eigenvalue weighted by Gasteiger charge is 2.29. The summed E-state index contributed by atoms with van der Waals surface area (Å²) >= 11 is 0. The van der Waals surface area contributed by atoms with Gasteiger partial charge >= 0.3 is 0 Å². The Labute approximate surface area is 197 Å². The van der Waals surface area contributed by atoms with Crippen LogP contribution in [-0.2, 0) is 16.0 Å². The molecular weight excluding hydrogens is 438 g/mol. The number of nitrogens with zero attached hydrogens (tertiary/aromatic N) is 6. The number of carbonyl (C=O) groups is 1. The molecule has 1 aliphatic heterocycles. The number of aromatic nitrogens is 4. The van der Waals surface area contributed by atoms with Crippen molar-refractivity contribution >= 4 is 19.3 Å². The average molecular weight is 468 g/mol. The first-order valence-corrected chi connectivity index (χ1v) is 11.1. The normalized spacial score (nSPS) is 18.4. The maximum absolute atomic E-state index is 12.6. The van der Waals surface area contributed by atoms with Gasteiger partial charge in [-0.2, -0.15) is 0 Å². The van der Waals surface area contributed by atoms with E-state index in [2.05, 4.69) is 57.9 Å². The molecule has 2 fully saturated rings. The van der Waals surface area contributed by atoms with Crippen molar-refractivity contribution in [2.24, 2.45) is 15.4 Å². The average Bonchev–Trinajstić information content (AvgIpc) is 3.52.